The second-order valence-electron chi connectivity index (χ2n) is 4.21. The van der Waals surface area contributed by atoms with E-state index in [0.717, 1.165) is 0 Å². The smallest absolute Gasteiger partial charge is 0.156 e. The second kappa shape index (κ2) is 7.78. The maximum Gasteiger partial charge on any atom is 0.156 e. The molecule has 0 unspecified atom stereocenters. The average Bonchev–Trinajstić information content (AvgIpc) is 2.50. The van der Waals surface area contributed by atoms with Crippen LogP contribution in [0.4, 0.5) is 0 Å². The van der Waals surface area contributed by atoms with E-state index in [-0.39, 0.29) is 0 Å². The number of ether oxygens (including phenoxy) is 2. The molecular weight excluding hydrogens is 309 g/mol. The summed E-state index contributed by atoms with van der Waals surface area (Å²) in [6.07, 6.45) is 0.654. The highest BCUT2D eigenvalue weighted by molar-refractivity contribution is 6.37. The quantitative estimate of drug-likeness (QED) is 0.723. The third-order valence-electron chi connectivity index (χ3n) is 2.72. The van der Waals surface area contributed by atoms with Gasteiger partial charge in [0, 0.05) is 6.42 Å². The summed E-state index contributed by atoms with van der Waals surface area (Å²) in [7, 11) is 0. The normalized spacial score (nSPS) is 9.95. The first kappa shape index (κ1) is 15.5. The highest BCUT2D eigenvalue weighted by Gasteiger charge is 2.06. The van der Waals surface area contributed by atoms with E-state index in [1.54, 1.807) is 36.4 Å². The zero-order chi connectivity index (χ0) is 15.1. The molecule has 0 aliphatic heterocycles. The minimum absolute atomic E-state index is 0.429. The first-order valence-corrected chi connectivity index (χ1v) is 7.16. The zero-order valence-electron chi connectivity index (χ0n) is 11.2. The van der Waals surface area contributed by atoms with Gasteiger partial charge in [0.2, 0.25) is 0 Å². The lowest BCUT2D eigenvalue weighted by Crippen LogP contribution is -2.06. The van der Waals surface area contributed by atoms with E-state index < -0.39 is 0 Å². The predicted octanol–water partition coefficient (Wildman–Crippen LogP) is 4.71. The summed E-state index contributed by atoms with van der Waals surface area (Å²) in [5.41, 5.74) is 0.521. The summed E-state index contributed by atoms with van der Waals surface area (Å²) in [5, 5.41) is 9.92. The molecule has 0 aliphatic carbocycles. The molecule has 5 heteroatoms. The summed E-state index contributed by atoms with van der Waals surface area (Å²) < 4.78 is 11.1. The Kier molecular flexibility index (Phi) is 5.74. The van der Waals surface area contributed by atoms with Gasteiger partial charge in [-0.25, -0.2) is 0 Å². The van der Waals surface area contributed by atoms with Gasteiger partial charge in [0.05, 0.1) is 28.8 Å². The van der Waals surface area contributed by atoms with Gasteiger partial charge in [-0.15, -0.1) is 0 Å². The third-order valence-corrected chi connectivity index (χ3v) is 3.31. The van der Waals surface area contributed by atoms with E-state index in [1.165, 1.54) is 0 Å². The number of hydrogen-bond acceptors (Lipinski definition) is 3. The Balaban J connectivity index is 1.79. The number of rotatable bonds is 6. The van der Waals surface area contributed by atoms with Crippen LogP contribution in [0.5, 0.6) is 11.5 Å². The topological polar surface area (TPSA) is 42.2 Å². The molecule has 0 saturated heterocycles. The molecule has 0 heterocycles. The molecule has 2 aromatic rings. The summed E-state index contributed by atoms with van der Waals surface area (Å²) in [6.45, 7) is 0.874. The number of nitrogens with zero attached hydrogens (tertiary/aromatic N) is 1. The average molecular weight is 322 g/mol. The predicted molar refractivity (Wildman–Crippen MR) is 83.2 cm³/mol. The number of nitriles is 1. The lowest BCUT2D eigenvalue weighted by Gasteiger charge is -2.10. The van der Waals surface area contributed by atoms with Gasteiger partial charge in [0.15, 0.2) is 5.75 Å². The van der Waals surface area contributed by atoms with Crippen molar-refractivity contribution in [3.05, 3.63) is 58.1 Å². The van der Waals surface area contributed by atoms with Crippen LogP contribution in [0.2, 0.25) is 10.0 Å². The Labute approximate surface area is 133 Å². The van der Waals surface area contributed by atoms with Gasteiger partial charge in [0.1, 0.15) is 11.8 Å². The fourth-order valence-corrected chi connectivity index (χ4v) is 2.23. The molecule has 0 aliphatic rings. The second-order valence-corrected chi connectivity index (χ2v) is 5.02. The summed E-state index contributed by atoms with van der Waals surface area (Å²) in [5.74, 6) is 1.06. The van der Waals surface area contributed by atoms with E-state index >= 15 is 0 Å². The highest BCUT2D eigenvalue weighted by atomic mass is 35.5. The van der Waals surface area contributed by atoms with E-state index in [9.17, 15) is 0 Å². The number of halogens is 2. The van der Waals surface area contributed by atoms with Gasteiger partial charge in [-0.05, 0) is 24.3 Å². The van der Waals surface area contributed by atoms with Crippen LogP contribution in [0.3, 0.4) is 0 Å². The number of benzene rings is 2. The Morgan fingerprint density at radius 3 is 2.29 bits per heavy atom. The Morgan fingerprint density at radius 2 is 1.57 bits per heavy atom. The van der Waals surface area contributed by atoms with E-state index in [4.69, 9.17) is 37.9 Å². The molecule has 3 nitrogen and oxygen atoms in total. The lowest BCUT2D eigenvalue weighted by molar-refractivity contribution is 0.247. The maximum atomic E-state index is 8.95. The van der Waals surface area contributed by atoms with Crippen LogP contribution in [0.1, 0.15) is 12.0 Å². The molecule has 0 bridgehead atoms. The van der Waals surface area contributed by atoms with Crippen LogP contribution in [-0.4, -0.2) is 13.2 Å². The number of para-hydroxylation sites is 2. The van der Waals surface area contributed by atoms with Crippen LogP contribution < -0.4 is 9.47 Å². The molecule has 0 amide bonds. The number of hydrogen-bond donors (Lipinski definition) is 0. The summed E-state index contributed by atoms with van der Waals surface area (Å²) in [4.78, 5) is 0. The van der Waals surface area contributed by atoms with Crippen molar-refractivity contribution >= 4 is 23.2 Å². The lowest BCUT2D eigenvalue weighted by atomic mass is 10.2. The Morgan fingerprint density at radius 1 is 0.905 bits per heavy atom. The molecule has 2 rings (SSSR count). The fraction of sp³-hybridized carbons (Fsp3) is 0.188. The summed E-state index contributed by atoms with van der Waals surface area (Å²) in [6, 6.07) is 14.4. The van der Waals surface area contributed by atoms with Crippen LogP contribution in [-0.2, 0) is 0 Å². The van der Waals surface area contributed by atoms with Crippen molar-refractivity contribution in [3.63, 3.8) is 0 Å². The summed E-state index contributed by atoms with van der Waals surface area (Å²) >= 11 is 12.0. The van der Waals surface area contributed by atoms with E-state index in [1.807, 2.05) is 6.07 Å². The minimum atomic E-state index is 0.429. The molecule has 0 radical (unpaired) electrons. The molecule has 0 spiro atoms. The van der Waals surface area contributed by atoms with Crippen molar-refractivity contribution in [2.45, 2.75) is 6.42 Å². The molecule has 2 aromatic carbocycles. The highest BCUT2D eigenvalue weighted by Crippen LogP contribution is 2.32. The SMILES string of the molecule is N#Cc1ccccc1OCCCOc1c(Cl)cccc1Cl. The van der Waals surface area contributed by atoms with Gasteiger partial charge >= 0.3 is 0 Å². The van der Waals surface area contributed by atoms with Crippen LogP contribution >= 0.6 is 23.2 Å². The minimum Gasteiger partial charge on any atom is -0.492 e. The molecular formula is C16H13Cl2NO2. The van der Waals surface area contributed by atoms with Crippen LogP contribution in [0, 0.1) is 11.3 Å². The molecule has 0 aromatic heterocycles. The first-order chi connectivity index (χ1) is 10.2. The fourth-order valence-electron chi connectivity index (χ4n) is 1.72. The van der Waals surface area contributed by atoms with Crippen molar-refractivity contribution in [1.29, 1.82) is 5.26 Å². The van der Waals surface area contributed by atoms with Gasteiger partial charge in [-0.1, -0.05) is 41.4 Å². The Bertz CT molecular complexity index is 633. The van der Waals surface area contributed by atoms with Gasteiger partial charge in [-0.3, -0.25) is 0 Å². The van der Waals surface area contributed by atoms with Gasteiger partial charge in [0.25, 0.3) is 0 Å². The molecule has 0 fully saturated rings. The molecule has 0 saturated carbocycles. The van der Waals surface area contributed by atoms with Crippen LogP contribution in [0.25, 0.3) is 0 Å². The molecule has 108 valence electrons. The van der Waals surface area contributed by atoms with Gasteiger partial charge in [-0.2, -0.15) is 5.26 Å². The Hall–Kier alpha value is -1.89. The van der Waals surface area contributed by atoms with Crippen molar-refractivity contribution in [3.8, 4) is 17.6 Å². The van der Waals surface area contributed by atoms with Gasteiger partial charge < -0.3 is 9.47 Å². The van der Waals surface area contributed by atoms with Crippen LogP contribution in [0.15, 0.2) is 42.5 Å². The molecule has 21 heavy (non-hydrogen) atoms. The van der Waals surface area contributed by atoms with Crippen molar-refractivity contribution in [2.75, 3.05) is 13.2 Å². The monoisotopic (exact) mass is 321 g/mol. The van der Waals surface area contributed by atoms with Crippen molar-refractivity contribution < 1.29 is 9.47 Å². The standard InChI is InChI=1S/C16H13Cl2NO2/c17-13-6-3-7-14(18)16(13)21-10-4-9-20-15-8-2-1-5-12(15)11-19/h1-3,5-8H,4,9-10H2. The third kappa shape index (κ3) is 4.29. The van der Waals surface area contributed by atoms with Crippen molar-refractivity contribution in [2.24, 2.45) is 0 Å². The zero-order valence-corrected chi connectivity index (χ0v) is 12.7. The molecule has 0 N–H and O–H groups in total. The maximum absolute atomic E-state index is 8.95. The van der Waals surface area contributed by atoms with Crippen molar-refractivity contribution in [1.82, 2.24) is 0 Å². The molecule has 0 atom stereocenters. The van der Waals surface area contributed by atoms with E-state index in [2.05, 4.69) is 6.07 Å². The first-order valence-electron chi connectivity index (χ1n) is 6.41. The van der Waals surface area contributed by atoms with E-state index in [0.29, 0.717) is 46.7 Å². The largest absolute Gasteiger partial charge is 0.492 e.